The van der Waals surface area contributed by atoms with E-state index in [1.165, 1.54) is 0 Å². The first-order valence-electron chi connectivity index (χ1n) is 5.90. The molecule has 0 fully saturated rings. The fourth-order valence-electron chi connectivity index (χ4n) is 1.65. The second kappa shape index (κ2) is 6.72. The molecule has 4 heteroatoms. The van der Waals surface area contributed by atoms with Crippen LogP contribution in [0.4, 0.5) is 5.69 Å². The number of rotatable bonds is 6. The number of halogens is 1. The molecular weight excluding hydrogens is 236 g/mol. The summed E-state index contributed by atoms with van der Waals surface area (Å²) in [5.41, 5.74) is 7.84. The topological polar surface area (TPSA) is 47.3 Å². The Morgan fingerprint density at radius 2 is 2.18 bits per heavy atom. The van der Waals surface area contributed by atoms with Crippen LogP contribution in [0.1, 0.15) is 18.9 Å². The van der Waals surface area contributed by atoms with Crippen LogP contribution in [0.2, 0.25) is 5.02 Å². The largest absolute Gasteiger partial charge is 0.495 e. The summed E-state index contributed by atoms with van der Waals surface area (Å²) in [5, 5.41) is 4.01. The van der Waals surface area contributed by atoms with Gasteiger partial charge in [-0.15, -0.1) is 0 Å². The van der Waals surface area contributed by atoms with E-state index >= 15 is 0 Å². The number of methoxy groups -OCH3 is 1. The third-order valence-corrected chi connectivity index (χ3v) is 3.29. The Balaban J connectivity index is 2.75. The summed E-state index contributed by atoms with van der Waals surface area (Å²) in [4.78, 5) is 0. The van der Waals surface area contributed by atoms with Crippen LogP contribution in [-0.2, 0) is 0 Å². The Morgan fingerprint density at radius 3 is 2.71 bits per heavy atom. The van der Waals surface area contributed by atoms with Gasteiger partial charge in [-0.05, 0) is 37.1 Å². The Kier molecular flexibility index (Phi) is 5.59. The third kappa shape index (κ3) is 3.79. The van der Waals surface area contributed by atoms with E-state index in [9.17, 15) is 0 Å². The Morgan fingerprint density at radius 1 is 1.47 bits per heavy atom. The van der Waals surface area contributed by atoms with E-state index < -0.39 is 0 Å². The minimum atomic E-state index is 0.496. The van der Waals surface area contributed by atoms with Crippen molar-refractivity contribution in [2.24, 2.45) is 11.7 Å². The van der Waals surface area contributed by atoms with Crippen molar-refractivity contribution >= 4 is 17.3 Å². The molecular formula is C13H21ClN2O. The maximum atomic E-state index is 6.09. The second-order valence-corrected chi connectivity index (χ2v) is 4.60. The van der Waals surface area contributed by atoms with Gasteiger partial charge in [-0.2, -0.15) is 0 Å². The van der Waals surface area contributed by atoms with Gasteiger partial charge in [-0.1, -0.05) is 24.9 Å². The minimum Gasteiger partial charge on any atom is -0.495 e. The van der Waals surface area contributed by atoms with E-state index in [0.29, 0.717) is 23.2 Å². The molecule has 0 spiro atoms. The Labute approximate surface area is 108 Å². The van der Waals surface area contributed by atoms with Crippen molar-refractivity contribution in [2.45, 2.75) is 20.3 Å². The van der Waals surface area contributed by atoms with Gasteiger partial charge in [-0.3, -0.25) is 0 Å². The first-order chi connectivity index (χ1) is 8.12. The number of nitrogens with two attached hydrogens (primary N) is 1. The second-order valence-electron chi connectivity index (χ2n) is 4.19. The van der Waals surface area contributed by atoms with Gasteiger partial charge in [-0.25, -0.2) is 0 Å². The van der Waals surface area contributed by atoms with Crippen molar-refractivity contribution < 1.29 is 4.74 Å². The standard InChI is InChI=1S/C13H21ClN2O/c1-4-10(7-15)8-16-12-6-11(14)13(17-3)5-9(12)2/h5-6,10,16H,4,7-8,15H2,1-3H3. The summed E-state index contributed by atoms with van der Waals surface area (Å²) >= 11 is 6.09. The average Bonchev–Trinajstić information content (AvgIpc) is 2.34. The lowest BCUT2D eigenvalue weighted by Crippen LogP contribution is -2.22. The number of hydrogen-bond donors (Lipinski definition) is 2. The first-order valence-corrected chi connectivity index (χ1v) is 6.28. The number of hydrogen-bond acceptors (Lipinski definition) is 3. The molecule has 1 aromatic rings. The lowest BCUT2D eigenvalue weighted by Gasteiger charge is -2.16. The van der Waals surface area contributed by atoms with E-state index in [1.54, 1.807) is 7.11 Å². The molecule has 0 aromatic heterocycles. The molecule has 0 heterocycles. The van der Waals surface area contributed by atoms with E-state index in [-0.39, 0.29) is 0 Å². The van der Waals surface area contributed by atoms with Gasteiger partial charge in [0.05, 0.1) is 12.1 Å². The number of nitrogens with one attached hydrogen (secondary N) is 1. The van der Waals surface area contributed by atoms with Crippen LogP contribution in [0, 0.1) is 12.8 Å². The monoisotopic (exact) mass is 256 g/mol. The SMILES string of the molecule is CCC(CN)CNc1cc(Cl)c(OC)cc1C. The van der Waals surface area contributed by atoms with Crippen LogP contribution < -0.4 is 15.8 Å². The molecule has 1 atom stereocenters. The van der Waals surface area contributed by atoms with Crippen LogP contribution in [-0.4, -0.2) is 20.2 Å². The summed E-state index contributed by atoms with van der Waals surface area (Å²) in [6.45, 7) is 5.75. The zero-order valence-electron chi connectivity index (χ0n) is 10.7. The molecule has 0 saturated heterocycles. The van der Waals surface area contributed by atoms with Gasteiger partial charge in [0.25, 0.3) is 0 Å². The zero-order valence-corrected chi connectivity index (χ0v) is 11.5. The summed E-state index contributed by atoms with van der Waals surface area (Å²) in [7, 11) is 1.62. The lowest BCUT2D eigenvalue weighted by atomic mass is 10.1. The molecule has 3 nitrogen and oxygen atoms in total. The Hall–Kier alpha value is -0.930. The fraction of sp³-hybridized carbons (Fsp3) is 0.538. The van der Waals surface area contributed by atoms with Crippen LogP contribution in [0.25, 0.3) is 0 Å². The van der Waals surface area contributed by atoms with Crippen LogP contribution >= 0.6 is 11.6 Å². The summed E-state index contributed by atoms with van der Waals surface area (Å²) < 4.78 is 5.17. The molecule has 1 aromatic carbocycles. The van der Waals surface area contributed by atoms with E-state index in [0.717, 1.165) is 24.2 Å². The van der Waals surface area contributed by atoms with Gasteiger partial charge >= 0.3 is 0 Å². The highest BCUT2D eigenvalue weighted by Crippen LogP contribution is 2.30. The van der Waals surface area contributed by atoms with Gasteiger partial charge in [0.15, 0.2) is 0 Å². The molecule has 0 aliphatic carbocycles. The van der Waals surface area contributed by atoms with Gasteiger partial charge in [0, 0.05) is 12.2 Å². The first kappa shape index (κ1) is 14.1. The molecule has 1 rings (SSSR count). The normalized spacial score (nSPS) is 12.3. The van der Waals surface area contributed by atoms with Crippen LogP contribution in [0.15, 0.2) is 12.1 Å². The average molecular weight is 257 g/mol. The van der Waals surface area contributed by atoms with Crippen LogP contribution in [0.3, 0.4) is 0 Å². The maximum absolute atomic E-state index is 6.09. The van der Waals surface area contributed by atoms with Crippen molar-refractivity contribution in [1.29, 1.82) is 0 Å². The van der Waals surface area contributed by atoms with Crippen molar-refractivity contribution in [3.05, 3.63) is 22.7 Å². The van der Waals surface area contributed by atoms with Crippen molar-refractivity contribution in [3.63, 3.8) is 0 Å². The highest BCUT2D eigenvalue weighted by atomic mass is 35.5. The highest BCUT2D eigenvalue weighted by Gasteiger charge is 2.08. The predicted molar refractivity (Wildman–Crippen MR) is 74.1 cm³/mol. The number of benzene rings is 1. The highest BCUT2D eigenvalue weighted by molar-refractivity contribution is 6.32. The smallest absolute Gasteiger partial charge is 0.137 e. The van der Waals surface area contributed by atoms with Gasteiger partial charge in [0.2, 0.25) is 0 Å². The Bertz CT molecular complexity index is 365. The molecule has 0 aliphatic heterocycles. The number of ether oxygens (including phenoxy) is 1. The summed E-state index contributed by atoms with van der Waals surface area (Å²) in [6.07, 6.45) is 1.08. The predicted octanol–water partition coefficient (Wildman–Crippen LogP) is 3.05. The lowest BCUT2D eigenvalue weighted by molar-refractivity contribution is 0.415. The molecule has 1 unspecified atom stereocenters. The number of aryl methyl sites for hydroxylation is 1. The molecule has 0 saturated carbocycles. The molecule has 0 amide bonds. The van der Waals surface area contributed by atoms with Gasteiger partial charge in [0.1, 0.15) is 5.75 Å². The van der Waals surface area contributed by atoms with E-state index in [2.05, 4.69) is 12.2 Å². The minimum absolute atomic E-state index is 0.496. The molecule has 0 radical (unpaired) electrons. The van der Waals surface area contributed by atoms with E-state index in [1.807, 2.05) is 19.1 Å². The summed E-state index contributed by atoms with van der Waals surface area (Å²) in [5.74, 6) is 1.20. The molecule has 0 bridgehead atoms. The zero-order chi connectivity index (χ0) is 12.8. The van der Waals surface area contributed by atoms with Crippen LogP contribution in [0.5, 0.6) is 5.75 Å². The maximum Gasteiger partial charge on any atom is 0.137 e. The number of anilines is 1. The fourth-order valence-corrected chi connectivity index (χ4v) is 1.89. The van der Waals surface area contributed by atoms with Gasteiger partial charge < -0.3 is 15.8 Å². The molecule has 17 heavy (non-hydrogen) atoms. The quantitative estimate of drug-likeness (QED) is 0.822. The van der Waals surface area contributed by atoms with Crippen molar-refractivity contribution in [2.75, 3.05) is 25.5 Å². The summed E-state index contributed by atoms with van der Waals surface area (Å²) in [6, 6.07) is 3.84. The van der Waals surface area contributed by atoms with Crippen molar-refractivity contribution in [1.82, 2.24) is 0 Å². The third-order valence-electron chi connectivity index (χ3n) is 2.99. The molecule has 0 aliphatic rings. The van der Waals surface area contributed by atoms with E-state index in [4.69, 9.17) is 22.1 Å². The molecule has 96 valence electrons. The molecule has 3 N–H and O–H groups in total. The van der Waals surface area contributed by atoms with Crippen molar-refractivity contribution in [3.8, 4) is 5.75 Å².